The van der Waals surface area contributed by atoms with E-state index in [1.165, 1.54) is 17.0 Å². The Morgan fingerprint density at radius 1 is 1.12 bits per heavy atom. The number of allylic oxidation sites excluding steroid dienone is 1. The first kappa shape index (κ1) is 23.0. The summed E-state index contributed by atoms with van der Waals surface area (Å²) in [6.45, 7) is 0. The first-order valence-electron chi connectivity index (χ1n) is 10.5. The fourth-order valence-corrected chi connectivity index (χ4v) is 5.96. The molecule has 3 nitrogen and oxygen atoms in total. The van der Waals surface area contributed by atoms with Gasteiger partial charge in [-0.1, -0.05) is 35.3 Å². The Morgan fingerprint density at radius 3 is 2.65 bits per heavy atom. The monoisotopic (exact) mass is 517 g/mol. The predicted octanol–water partition coefficient (Wildman–Crippen LogP) is 8.33. The van der Waals surface area contributed by atoms with Gasteiger partial charge in [-0.25, -0.2) is 4.98 Å². The van der Waals surface area contributed by atoms with Crippen molar-refractivity contribution in [2.75, 3.05) is 0 Å². The third-order valence-electron chi connectivity index (χ3n) is 5.84. The van der Waals surface area contributed by atoms with Gasteiger partial charge in [-0.05, 0) is 67.7 Å². The van der Waals surface area contributed by atoms with Gasteiger partial charge >= 0.3 is 6.18 Å². The van der Waals surface area contributed by atoms with E-state index in [4.69, 9.17) is 28.2 Å². The molecule has 9 heteroatoms. The normalized spacial score (nSPS) is 14.3. The van der Waals surface area contributed by atoms with Crippen LogP contribution in [-0.2, 0) is 19.0 Å². The summed E-state index contributed by atoms with van der Waals surface area (Å²) in [7, 11) is 0. The summed E-state index contributed by atoms with van der Waals surface area (Å²) in [5.74, 6) is 0. The topological polar surface area (TPSA) is 41.1 Å². The summed E-state index contributed by atoms with van der Waals surface area (Å²) in [5.41, 5.74) is 2.42. The number of benzene rings is 2. The number of nitriles is 1. The number of rotatable bonds is 3. The predicted molar refractivity (Wildman–Crippen MR) is 130 cm³/mol. The van der Waals surface area contributed by atoms with Gasteiger partial charge in [-0.2, -0.15) is 18.4 Å². The van der Waals surface area contributed by atoms with Crippen molar-refractivity contribution in [1.29, 1.82) is 5.26 Å². The molecule has 0 aliphatic heterocycles. The first-order chi connectivity index (χ1) is 16.3. The van der Waals surface area contributed by atoms with Gasteiger partial charge in [0.1, 0.15) is 0 Å². The molecule has 1 aliphatic rings. The third-order valence-corrected chi connectivity index (χ3v) is 7.54. The zero-order valence-corrected chi connectivity index (χ0v) is 19.9. The fourth-order valence-electron chi connectivity index (χ4n) is 4.25. The van der Waals surface area contributed by atoms with Gasteiger partial charge in [-0.15, -0.1) is 11.3 Å². The summed E-state index contributed by atoms with van der Waals surface area (Å²) >= 11 is 14.2. The zero-order valence-electron chi connectivity index (χ0n) is 17.6. The van der Waals surface area contributed by atoms with E-state index in [0.717, 1.165) is 48.5 Å². The lowest BCUT2D eigenvalue weighted by atomic mass is 10.0. The summed E-state index contributed by atoms with van der Waals surface area (Å²) < 4.78 is 41.9. The molecule has 4 aromatic rings. The number of alkyl halides is 3. The van der Waals surface area contributed by atoms with Crippen LogP contribution in [-0.4, -0.2) is 9.38 Å². The molecule has 0 radical (unpaired) electrons. The number of halogens is 5. The average molecular weight is 518 g/mol. The average Bonchev–Trinajstić information content (AvgIpc) is 3.33. The number of aromatic nitrogens is 2. The van der Waals surface area contributed by atoms with E-state index in [9.17, 15) is 18.4 Å². The Morgan fingerprint density at radius 2 is 1.91 bits per heavy atom. The summed E-state index contributed by atoms with van der Waals surface area (Å²) in [4.78, 5) is 6.85. The Bertz CT molecular complexity index is 1490. The Hall–Kier alpha value is -2.79. The molecule has 34 heavy (non-hydrogen) atoms. The molecule has 2 aromatic heterocycles. The molecule has 0 fully saturated rings. The van der Waals surface area contributed by atoms with Gasteiger partial charge in [0.15, 0.2) is 4.96 Å². The van der Waals surface area contributed by atoms with Crippen LogP contribution in [0.1, 0.15) is 40.2 Å². The quantitative estimate of drug-likeness (QED) is 0.256. The highest BCUT2D eigenvalue weighted by Gasteiger charge is 2.31. The lowest BCUT2D eigenvalue weighted by Gasteiger charge is -2.12. The van der Waals surface area contributed by atoms with Gasteiger partial charge in [0, 0.05) is 21.2 Å². The maximum absolute atomic E-state index is 13.3. The Balaban J connectivity index is 1.76. The lowest BCUT2D eigenvalue weighted by molar-refractivity contribution is -0.137. The SMILES string of the molecule is N#C/C(=C\c1c(-c2ccc(Cl)cc2Cl)nc2sc3c(n12)CCCC3)c1cccc(C(F)(F)F)c1. The molecule has 0 saturated heterocycles. The Labute approximate surface area is 207 Å². The first-order valence-corrected chi connectivity index (χ1v) is 12.1. The van der Waals surface area contributed by atoms with Gasteiger partial charge in [0.25, 0.3) is 0 Å². The van der Waals surface area contributed by atoms with Gasteiger partial charge in [0.2, 0.25) is 0 Å². The van der Waals surface area contributed by atoms with Gasteiger partial charge in [0.05, 0.1) is 33.6 Å². The minimum Gasteiger partial charge on any atom is -0.287 e. The van der Waals surface area contributed by atoms with E-state index < -0.39 is 11.7 Å². The van der Waals surface area contributed by atoms with Crippen molar-refractivity contribution in [2.24, 2.45) is 0 Å². The fraction of sp³-hybridized carbons (Fsp3) is 0.200. The van der Waals surface area contributed by atoms with Gasteiger partial charge in [-0.3, -0.25) is 4.40 Å². The van der Waals surface area contributed by atoms with Crippen molar-refractivity contribution in [3.8, 4) is 17.3 Å². The molecule has 0 N–H and O–H groups in total. The highest BCUT2D eigenvalue weighted by atomic mass is 35.5. The van der Waals surface area contributed by atoms with Crippen molar-refractivity contribution < 1.29 is 13.2 Å². The standard InChI is InChI=1S/C25H16Cl2F3N3S/c26-17-8-9-18(19(27)12-17)23-21(33-20-6-1-2-7-22(20)34-24(33)32-23)11-15(13-31)14-4-3-5-16(10-14)25(28,29)30/h3-5,8-12H,1-2,6-7H2/b15-11+. The molecule has 5 rings (SSSR count). The molecule has 0 saturated carbocycles. The maximum atomic E-state index is 13.3. The minimum absolute atomic E-state index is 0.106. The second kappa shape index (κ2) is 8.77. The van der Waals surface area contributed by atoms with Crippen molar-refractivity contribution in [3.63, 3.8) is 0 Å². The maximum Gasteiger partial charge on any atom is 0.416 e. The van der Waals surface area contributed by atoms with Crippen molar-refractivity contribution in [2.45, 2.75) is 31.9 Å². The number of nitrogens with zero attached hydrogens (tertiary/aromatic N) is 3. The van der Waals surface area contributed by atoms with Crippen LogP contribution in [0.15, 0.2) is 42.5 Å². The molecule has 2 aromatic carbocycles. The number of thiazole rings is 1. The van der Waals surface area contributed by atoms with Crippen molar-refractivity contribution in [3.05, 3.63) is 79.9 Å². The minimum atomic E-state index is -4.51. The van der Waals surface area contributed by atoms with Crippen LogP contribution in [0.2, 0.25) is 10.0 Å². The molecule has 0 amide bonds. The number of aryl methyl sites for hydroxylation is 2. The van der Waals surface area contributed by atoms with E-state index in [0.29, 0.717) is 27.0 Å². The molecule has 172 valence electrons. The van der Waals surface area contributed by atoms with Crippen LogP contribution in [0, 0.1) is 11.3 Å². The summed E-state index contributed by atoms with van der Waals surface area (Å²) in [6.07, 6.45) is 1.07. The Kier molecular flexibility index (Phi) is 5.93. The molecular formula is C25H16Cl2F3N3S. The van der Waals surface area contributed by atoms with Crippen LogP contribution in [0.3, 0.4) is 0 Å². The van der Waals surface area contributed by atoms with E-state index in [1.54, 1.807) is 35.6 Å². The number of fused-ring (bicyclic) bond motifs is 3. The van der Waals surface area contributed by atoms with Crippen LogP contribution < -0.4 is 0 Å². The smallest absolute Gasteiger partial charge is 0.287 e. The van der Waals surface area contributed by atoms with E-state index in [-0.39, 0.29) is 11.1 Å². The molecule has 0 spiro atoms. The summed E-state index contributed by atoms with van der Waals surface area (Å²) in [5, 5.41) is 10.8. The second-order valence-corrected chi connectivity index (χ2v) is 9.92. The molecule has 2 heterocycles. The van der Waals surface area contributed by atoms with Crippen molar-refractivity contribution >= 4 is 51.1 Å². The van der Waals surface area contributed by atoms with Gasteiger partial charge < -0.3 is 0 Å². The second-order valence-electron chi connectivity index (χ2n) is 8.02. The molecule has 0 bridgehead atoms. The molecular weight excluding hydrogens is 502 g/mol. The number of hydrogen-bond donors (Lipinski definition) is 0. The number of hydrogen-bond acceptors (Lipinski definition) is 3. The number of imidazole rings is 1. The van der Waals surface area contributed by atoms with Crippen LogP contribution in [0.5, 0.6) is 0 Å². The van der Waals surface area contributed by atoms with E-state index >= 15 is 0 Å². The third kappa shape index (κ3) is 4.11. The molecule has 0 atom stereocenters. The molecule has 1 aliphatic carbocycles. The molecule has 0 unspecified atom stereocenters. The lowest BCUT2D eigenvalue weighted by Crippen LogP contribution is -2.05. The van der Waals surface area contributed by atoms with E-state index in [1.807, 2.05) is 4.40 Å². The van der Waals surface area contributed by atoms with Crippen molar-refractivity contribution in [1.82, 2.24) is 9.38 Å². The highest BCUT2D eigenvalue weighted by molar-refractivity contribution is 7.17. The van der Waals surface area contributed by atoms with Crippen LogP contribution in [0.4, 0.5) is 13.2 Å². The van der Waals surface area contributed by atoms with Crippen LogP contribution in [0.25, 0.3) is 27.9 Å². The zero-order chi connectivity index (χ0) is 24.0. The van der Waals surface area contributed by atoms with Crippen LogP contribution >= 0.6 is 34.5 Å². The van der Waals surface area contributed by atoms with E-state index in [2.05, 4.69) is 6.07 Å². The largest absolute Gasteiger partial charge is 0.416 e. The highest BCUT2D eigenvalue weighted by Crippen LogP contribution is 2.39. The summed E-state index contributed by atoms with van der Waals surface area (Å²) in [6, 6.07) is 11.9.